The van der Waals surface area contributed by atoms with Crippen LogP contribution < -0.4 is 5.32 Å². The Morgan fingerprint density at radius 1 is 1.17 bits per heavy atom. The number of nitrogens with zero attached hydrogens (tertiary/aromatic N) is 2. The van der Waals surface area contributed by atoms with Gasteiger partial charge in [-0.15, -0.1) is 0 Å². The number of anilines is 1. The van der Waals surface area contributed by atoms with Crippen molar-refractivity contribution in [3.63, 3.8) is 0 Å². The van der Waals surface area contributed by atoms with Crippen LogP contribution in [0.3, 0.4) is 0 Å². The summed E-state index contributed by atoms with van der Waals surface area (Å²) in [4.78, 5) is 27.0. The molecule has 1 aliphatic heterocycles. The number of carbonyl (C=O) groups is 2. The van der Waals surface area contributed by atoms with Crippen molar-refractivity contribution >= 4 is 17.5 Å². The monoisotopic (exact) mass is 343 g/mol. The number of nitrogens with one attached hydrogen (secondary N) is 1. The molecule has 0 aromatic heterocycles. The molecule has 0 atom stereocenters. The van der Waals surface area contributed by atoms with Crippen LogP contribution in [0, 0.1) is 0 Å². The van der Waals surface area contributed by atoms with Gasteiger partial charge in [-0.05, 0) is 18.2 Å². The maximum atomic E-state index is 12.6. The van der Waals surface area contributed by atoms with Crippen molar-refractivity contribution in [3.05, 3.63) is 29.8 Å². The van der Waals surface area contributed by atoms with Crippen LogP contribution in [-0.4, -0.2) is 54.3 Å². The zero-order valence-corrected chi connectivity index (χ0v) is 13.4. The Morgan fingerprint density at radius 2 is 1.83 bits per heavy atom. The van der Waals surface area contributed by atoms with Crippen molar-refractivity contribution in [2.75, 3.05) is 38.0 Å². The first-order chi connectivity index (χ1) is 11.3. The summed E-state index contributed by atoms with van der Waals surface area (Å²) < 4.78 is 37.9. The topological polar surface area (TPSA) is 52.7 Å². The van der Waals surface area contributed by atoms with E-state index in [1.54, 1.807) is 4.90 Å². The third kappa shape index (κ3) is 5.23. The maximum Gasteiger partial charge on any atom is 0.416 e. The minimum atomic E-state index is -4.43. The molecule has 0 spiro atoms. The minimum Gasteiger partial charge on any atom is -0.340 e. The number of piperazine rings is 1. The fourth-order valence-electron chi connectivity index (χ4n) is 2.54. The molecule has 1 heterocycles. The largest absolute Gasteiger partial charge is 0.416 e. The van der Waals surface area contributed by atoms with Crippen molar-refractivity contribution in [1.29, 1.82) is 0 Å². The van der Waals surface area contributed by atoms with Gasteiger partial charge in [-0.25, -0.2) is 0 Å². The van der Waals surface area contributed by atoms with E-state index >= 15 is 0 Å². The Morgan fingerprint density at radius 3 is 2.42 bits per heavy atom. The van der Waals surface area contributed by atoms with Crippen molar-refractivity contribution in [1.82, 2.24) is 9.80 Å². The molecule has 1 aromatic carbocycles. The van der Waals surface area contributed by atoms with Gasteiger partial charge in [0, 0.05) is 51.8 Å². The van der Waals surface area contributed by atoms with E-state index < -0.39 is 11.7 Å². The molecule has 1 aliphatic rings. The Bertz CT molecular complexity index is 596. The number of alkyl halides is 3. The molecule has 5 nitrogen and oxygen atoms in total. The number of rotatable bonds is 4. The molecule has 24 heavy (non-hydrogen) atoms. The van der Waals surface area contributed by atoms with Crippen LogP contribution in [0.1, 0.15) is 18.9 Å². The van der Waals surface area contributed by atoms with Gasteiger partial charge in [0.1, 0.15) is 0 Å². The van der Waals surface area contributed by atoms with Gasteiger partial charge in [0.15, 0.2) is 0 Å². The Kier molecular flexibility index (Phi) is 5.82. The van der Waals surface area contributed by atoms with E-state index in [1.807, 2.05) is 0 Å². The number of halogens is 3. The van der Waals surface area contributed by atoms with E-state index in [0.717, 1.165) is 12.1 Å². The standard InChI is InChI=1S/C16H20F3N3O2/c1-12(23)22-9-7-21(8-10-22)6-5-15(24)20-14-4-2-3-13(11-14)16(17,18)19/h2-4,11H,5-10H2,1H3,(H,20,24). The first-order valence-electron chi connectivity index (χ1n) is 7.70. The molecule has 0 radical (unpaired) electrons. The van der Waals surface area contributed by atoms with Gasteiger partial charge in [-0.2, -0.15) is 13.2 Å². The quantitative estimate of drug-likeness (QED) is 0.912. The van der Waals surface area contributed by atoms with Gasteiger partial charge in [0.2, 0.25) is 11.8 Å². The summed E-state index contributed by atoms with van der Waals surface area (Å²) in [5.74, 6) is -0.291. The average Bonchev–Trinajstić information content (AvgIpc) is 2.53. The lowest BCUT2D eigenvalue weighted by molar-refractivity contribution is -0.137. The molecule has 0 aliphatic carbocycles. The van der Waals surface area contributed by atoms with E-state index in [-0.39, 0.29) is 23.9 Å². The summed E-state index contributed by atoms with van der Waals surface area (Å²) in [5, 5.41) is 2.49. The summed E-state index contributed by atoms with van der Waals surface area (Å²) >= 11 is 0. The number of benzene rings is 1. The fraction of sp³-hybridized carbons (Fsp3) is 0.500. The second kappa shape index (κ2) is 7.65. The number of carbonyl (C=O) groups excluding carboxylic acids is 2. The summed E-state index contributed by atoms with van der Waals surface area (Å²) in [6.07, 6.45) is -4.24. The van der Waals surface area contributed by atoms with Crippen molar-refractivity contribution < 1.29 is 22.8 Å². The highest BCUT2D eigenvalue weighted by Crippen LogP contribution is 2.30. The van der Waals surface area contributed by atoms with Crippen LogP contribution >= 0.6 is 0 Å². The molecule has 8 heteroatoms. The molecule has 0 unspecified atom stereocenters. The van der Waals surface area contributed by atoms with E-state index in [0.29, 0.717) is 32.7 Å². The Labute approximate surface area is 138 Å². The highest BCUT2D eigenvalue weighted by Gasteiger charge is 2.30. The summed E-state index contributed by atoms with van der Waals surface area (Å²) in [6, 6.07) is 4.58. The van der Waals surface area contributed by atoms with Gasteiger partial charge in [0.25, 0.3) is 0 Å². The van der Waals surface area contributed by atoms with Gasteiger partial charge < -0.3 is 10.2 Å². The van der Waals surface area contributed by atoms with Crippen LogP contribution in [0.4, 0.5) is 18.9 Å². The first kappa shape index (κ1) is 18.3. The number of hydrogen-bond donors (Lipinski definition) is 1. The first-order valence-corrected chi connectivity index (χ1v) is 7.70. The molecule has 1 aromatic rings. The molecular weight excluding hydrogens is 323 g/mol. The van der Waals surface area contributed by atoms with Crippen molar-refractivity contribution in [3.8, 4) is 0 Å². The van der Waals surface area contributed by atoms with Crippen LogP contribution in [-0.2, 0) is 15.8 Å². The SMILES string of the molecule is CC(=O)N1CCN(CCC(=O)Nc2cccc(C(F)(F)F)c2)CC1. The number of hydrogen-bond acceptors (Lipinski definition) is 3. The zero-order chi connectivity index (χ0) is 17.7. The van der Waals surface area contributed by atoms with Crippen molar-refractivity contribution in [2.45, 2.75) is 19.5 Å². The van der Waals surface area contributed by atoms with E-state index in [4.69, 9.17) is 0 Å². The summed E-state index contributed by atoms with van der Waals surface area (Å²) in [7, 11) is 0. The normalized spacial score (nSPS) is 16.1. The molecule has 2 amide bonds. The lowest BCUT2D eigenvalue weighted by Gasteiger charge is -2.34. The van der Waals surface area contributed by atoms with E-state index in [1.165, 1.54) is 19.1 Å². The Balaban J connectivity index is 1.79. The van der Waals surface area contributed by atoms with Crippen molar-refractivity contribution in [2.24, 2.45) is 0 Å². The predicted octanol–water partition coefficient (Wildman–Crippen LogP) is 2.20. The molecule has 0 saturated carbocycles. The third-order valence-corrected chi connectivity index (χ3v) is 3.95. The molecule has 2 rings (SSSR count). The lowest BCUT2D eigenvalue weighted by Crippen LogP contribution is -2.48. The fourth-order valence-corrected chi connectivity index (χ4v) is 2.54. The second-order valence-electron chi connectivity index (χ2n) is 5.72. The van der Waals surface area contributed by atoms with Crippen LogP contribution in [0.5, 0.6) is 0 Å². The third-order valence-electron chi connectivity index (χ3n) is 3.95. The molecular formula is C16H20F3N3O2. The zero-order valence-electron chi connectivity index (χ0n) is 13.4. The molecule has 0 bridgehead atoms. The molecule has 1 fully saturated rings. The van der Waals surface area contributed by atoms with E-state index in [2.05, 4.69) is 10.2 Å². The van der Waals surface area contributed by atoms with Gasteiger partial charge in [-0.3, -0.25) is 14.5 Å². The average molecular weight is 343 g/mol. The molecule has 1 saturated heterocycles. The summed E-state index contributed by atoms with van der Waals surface area (Å²) in [5.41, 5.74) is -0.656. The highest BCUT2D eigenvalue weighted by atomic mass is 19.4. The maximum absolute atomic E-state index is 12.6. The lowest BCUT2D eigenvalue weighted by atomic mass is 10.2. The van der Waals surface area contributed by atoms with Gasteiger partial charge in [-0.1, -0.05) is 6.07 Å². The van der Waals surface area contributed by atoms with Crippen LogP contribution in [0.15, 0.2) is 24.3 Å². The predicted molar refractivity (Wildman–Crippen MR) is 83.4 cm³/mol. The van der Waals surface area contributed by atoms with Gasteiger partial charge in [0.05, 0.1) is 5.56 Å². The van der Waals surface area contributed by atoms with Gasteiger partial charge >= 0.3 is 6.18 Å². The molecule has 132 valence electrons. The van der Waals surface area contributed by atoms with E-state index in [9.17, 15) is 22.8 Å². The summed E-state index contributed by atoms with van der Waals surface area (Å²) in [6.45, 7) is 4.68. The minimum absolute atomic E-state index is 0.0388. The Hall–Kier alpha value is -2.09. The molecule has 1 N–H and O–H groups in total. The smallest absolute Gasteiger partial charge is 0.340 e. The number of amides is 2. The van der Waals surface area contributed by atoms with Crippen LogP contribution in [0.25, 0.3) is 0 Å². The highest BCUT2D eigenvalue weighted by molar-refractivity contribution is 5.90. The van der Waals surface area contributed by atoms with Crippen LogP contribution in [0.2, 0.25) is 0 Å². The second-order valence-corrected chi connectivity index (χ2v) is 5.72.